The van der Waals surface area contributed by atoms with Gasteiger partial charge in [-0.1, -0.05) is 12.8 Å². The fourth-order valence-electron chi connectivity index (χ4n) is 2.41. The fourth-order valence-corrected chi connectivity index (χ4v) is 3.42. The van der Waals surface area contributed by atoms with Gasteiger partial charge in [-0.25, -0.2) is 13.1 Å². The van der Waals surface area contributed by atoms with Gasteiger partial charge in [0.2, 0.25) is 10.0 Å². The summed E-state index contributed by atoms with van der Waals surface area (Å²) in [7, 11) is -3.20. The Bertz CT molecular complexity index is 279. The second-order valence-electron chi connectivity index (χ2n) is 3.98. The van der Waals surface area contributed by atoms with Crippen molar-refractivity contribution in [3.8, 4) is 0 Å². The predicted octanol–water partition coefficient (Wildman–Crippen LogP) is 1.29. The van der Waals surface area contributed by atoms with Crippen LogP contribution in [0.1, 0.15) is 25.7 Å². The Morgan fingerprint density at radius 2 is 1.77 bits per heavy atom. The van der Waals surface area contributed by atoms with E-state index < -0.39 is 10.0 Å². The van der Waals surface area contributed by atoms with Gasteiger partial charge in [0.25, 0.3) is 0 Å². The number of nitrogens with one attached hydrogen (secondary N) is 1. The van der Waals surface area contributed by atoms with Crippen LogP contribution in [0.3, 0.4) is 0 Å². The standard InChI is InChI=1S/C8H14ClNO2S/c9-5-13(11,12)10-8-6-3-1-2-4-7(6)8/h6-8,10H,1-5H2. The maximum absolute atomic E-state index is 11.2. The maximum atomic E-state index is 11.2. The lowest BCUT2D eigenvalue weighted by Crippen LogP contribution is -2.28. The largest absolute Gasteiger partial charge is 0.225 e. The lowest BCUT2D eigenvalue weighted by Gasteiger charge is -2.04. The van der Waals surface area contributed by atoms with E-state index in [0.717, 1.165) is 0 Å². The van der Waals surface area contributed by atoms with Gasteiger partial charge < -0.3 is 0 Å². The molecular formula is C8H14ClNO2S. The average molecular weight is 224 g/mol. The monoisotopic (exact) mass is 223 g/mol. The molecule has 1 N–H and O–H groups in total. The highest BCUT2D eigenvalue weighted by Crippen LogP contribution is 2.49. The van der Waals surface area contributed by atoms with Gasteiger partial charge in [-0.15, -0.1) is 11.6 Å². The van der Waals surface area contributed by atoms with E-state index in [1.165, 1.54) is 25.7 Å². The molecule has 5 heteroatoms. The summed E-state index contributed by atoms with van der Waals surface area (Å²) in [4.78, 5) is 0. The van der Waals surface area contributed by atoms with Crippen molar-refractivity contribution in [2.45, 2.75) is 31.7 Å². The number of sulfonamides is 1. The summed E-state index contributed by atoms with van der Waals surface area (Å²) in [6, 6.07) is 0.200. The van der Waals surface area contributed by atoms with Crippen molar-refractivity contribution in [2.24, 2.45) is 11.8 Å². The first-order chi connectivity index (χ1) is 6.14. The summed E-state index contributed by atoms with van der Waals surface area (Å²) in [5.74, 6) is 1.21. The second-order valence-corrected chi connectivity index (χ2v) is 6.32. The van der Waals surface area contributed by atoms with Crippen molar-refractivity contribution in [1.82, 2.24) is 4.72 Å². The van der Waals surface area contributed by atoms with Crippen molar-refractivity contribution >= 4 is 21.6 Å². The number of fused-ring (bicyclic) bond motifs is 1. The van der Waals surface area contributed by atoms with Crippen LogP contribution in [0.25, 0.3) is 0 Å². The first-order valence-electron chi connectivity index (χ1n) is 4.70. The number of rotatable bonds is 3. The van der Waals surface area contributed by atoms with Gasteiger partial charge >= 0.3 is 0 Å². The zero-order chi connectivity index (χ0) is 9.47. The molecule has 0 aromatic rings. The van der Waals surface area contributed by atoms with Crippen LogP contribution < -0.4 is 4.72 Å². The highest BCUT2D eigenvalue weighted by atomic mass is 35.5. The van der Waals surface area contributed by atoms with Gasteiger partial charge in [-0.05, 0) is 24.7 Å². The normalized spacial score (nSPS) is 38.4. The minimum atomic E-state index is -3.20. The summed E-state index contributed by atoms with van der Waals surface area (Å²) in [5.41, 5.74) is 0. The van der Waals surface area contributed by atoms with Crippen LogP contribution in [-0.2, 0) is 10.0 Å². The molecule has 0 radical (unpaired) electrons. The SMILES string of the molecule is O=S(=O)(CCl)NC1C2CCCCC21. The average Bonchev–Trinajstić information content (AvgIpc) is 2.79. The van der Waals surface area contributed by atoms with Gasteiger partial charge in [0.1, 0.15) is 5.21 Å². The number of alkyl halides is 1. The van der Waals surface area contributed by atoms with Crippen LogP contribution in [0.15, 0.2) is 0 Å². The zero-order valence-electron chi connectivity index (χ0n) is 7.37. The molecule has 2 aliphatic carbocycles. The summed E-state index contributed by atoms with van der Waals surface area (Å²) in [6.45, 7) is 0. The molecule has 0 aliphatic heterocycles. The first kappa shape index (κ1) is 9.74. The van der Waals surface area contributed by atoms with E-state index in [4.69, 9.17) is 11.6 Å². The van der Waals surface area contributed by atoms with Crippen LogP contribution >= 0.6 is 11.6 Å². The third-order valence-electron chi connectivity index (χ3n) is 3.12. The molecule has 2 fully saturated rings. The van der Waals surface area contributed by atoms with E-state index in [1.54, 1.807) is 0 Å². The van der Waals surface area contributed by atoms with Gasteiger partial charge in [-0.3, -0.25) is 0 Å². The third kappa shape index (κ3) is 2.00. The number of halogens is 1. The van der Waals surface area contributed by atoms with Crippen molar-refractivity contribution in [2.75, 3.05) is 5.21 Å². The van der Waals surface area contributed by atoms with Crippen molar-refractivity contribution in [3.63, 3.8) is 0 Å². The van der Waals surface area contributed by atoms with Gasteiger partial charge in [-0.2, -0.15) is 0 Å². The topological polar surface area (TPSA) is 46.2 Å². The lowest BCUT2D eigenvalue weighted by molar-refractivity contribution is 0.480. The number of hydrogen-bond acceptors (Lipinski definition) is 2. The molecule has 2 saturated carbocycles. The Balaban J connectivity index is 1.92. The molecule has 76 valence electrons. The van der Waals surface area contributed by atoms with Gasteiger partial charge in [0.05, 0.1) is 0 Å². The molecule has 0 amide bonds. The Labute approximate surface area is 83.9 Å². The van der Waals surface area contributed by atoms with E-state index in [9.17, 15) is 8.42 Å². The Morgan fingerprint density at radius 3 is 2.23 bits per heavy atom. The molecule has 3 nitrogen and oxygen atoms in total. The third-order valence-corrected chi connectivity index (χ3v) is 4.90. The minimum absolute atomic E-state index is 0.200. The van der Waals surface area contributed by atoms with E-state index in [2.05, 4.69) is 4.72 Å². The molecule has 2 unspecified atom stereocenters. The Kier molecular flexibility index (Phi) is 2.55. The molecule has 0 aromatic heterocycles. The molecular weight excluding hydrogens is 210 g/mol. The van der Waals surface area contributed by atoms with E-state index >= 15 is 0 Å². The number of hydrogen-bond donors (Lipinski definition) is 1. The van der Waals surface area contributed by atoms with Crippen LogP contribution in [0.4, 0.5) is 0 Å². The quantitative estimate of drug-likeness (QED) is 0.733. The summed E-state index contributed by atoms with van der Waals surface area (Å²) in [5, 5.41) is -0.317. The summed E-state index contributed by atoms with van der Waals surface area (Å²) < 4.78 is 25.0. The van der Waals surface area contributed by atoms with Gasteiger partial charge in [0.15, 0.2) is 0 Å². The molecule has 2 aliphatic rings. The van der Waals surface area contributed by atoms with Crippen molar-refractivity contribution < 1.29 is 8.42 Å². The summed E-state index contributed by atoms with van der Waals surface area (Å²) >= 11 is 5.31. The molecule has 2 atom stereocenters. The molecule has 0 aromatic carbocycles. The summed E-state index contributed by atoms with van der Waals surface area (Å²) in [6.07, 6.45) is 4.86. The van der Waals surface area contributed by atoms with Gasteiger partial charge in [0, 0.05) is 6.04 Å². The molecule has 0 heterocycles. The Hall–Kier alpha value is 0.200. The van der Waals surface area contributed by atoms with Crippen molar-refractivity contribution in [3.05, 3.63) is 0 Å². The molecule has 13 heavy (non-hydrogen) atoms. The fraction of sp³-hybridized carbons (Fsp3) is 1.00. The lowest BCUT2D eigenvalue weighted by atomic mass is 10.0. The van der Waals surface area contributed by atoms with Crippen LogP contribution in [0, 0.1) is 11.8 Å². The van der Waals surface area contributed by atoms with E-state index in [0.29, 0.717) is 11.8 Å². The van der Waals surface area contributed by atoms with Crippen LogP contribution in [0.5, 0.6) is 0 Å². The maximum Gasteiger partial charge on any atom is 0.225 e. The van der Waals surface area contributed by atoms with Crippen LogP contribution in [0.2, 0.25) is 0 Å². The predicted molar refractivity (Wildman–Crippen MR) is 52.0 cm³/mol. The smallest absolute Gasteiger partial charge is 0.211 e. The highest BCUT2D eigenvalue weighted by Gasteiger charge is 2.51. The van der Waals surface area contributed by atoms with E-state index in [1.807, 2.05) is 0 Å². The van der Waals surface area contributed by atoms with Crippen molar-refractivity contribution in [1.29, 1.82) is 0 Å². The zero-order valence-corrected chi connectivity index (χ0v) is 8.94. The minimum Gasteiger partial charge on any atom is -0.211 e. The first-order valence-corrected chi connectivity index (χ1v) is 6.89. The molecule has 0 spiro atoms. The molecule has 2 rings (SSSR count). The van der Waals surface area contributed by atoms with E-state index in [-0.39, 0.29) is 11.3 Å². The Morgan fingerprint density at radius 1 is 1.23 bits per heavy atom. The molecule has 0 bridgehead atoms. The highest BCUT2D eigenvalue weighted by molar-refractivity contribution is 7.90. The second kappa shape index (κ2) is 3.41. The van der Waals surface area contributed by atoms with Crippen LogP contribution in [-0.4, -0.2) is 19.7 Å². The molecule has 0 saturated heterocycles.